The molecule has 1 aromatic rings. The van der Waals surface area contributed by atoms with E-state index in [-0.39, 0.29) is 5.91 Å². The number of nitrogens with one attached hydrogen (secondary N) is 1. The Balaban J connectivity index is 1.98. The van der Waals surface area contributed by atoms with E-state index in [0.29, 0.717) is 18.0 Å². The third kappa shape index (κ3) is 3.73. The Hall–Kier alpha value is -2.04. The summed E-state index contributed by atoms with van der Waals surface area (Å²) in [7, 11) is 0. The summed E-state index contributed by atoms with van der Waals surface area (Å²) in [4.78, 5) is 24.9. The zero-order chi connectivity index (χ0) is 14.5. The SMILES string of the molecule is C[C@H]1CCCN(C(=O)c2ccc(CNC(N)=O)cc2)C1. The molecule has 1 aromatic carbocycles. The third-order valence-corrected chi connectivity index (χ3v) is 3.61. The Morgan fingerprint density at radius 2 is 2.05 bits per heavy atom. The van der Waals surface area contributed by atoms with Crippen LogP contribution in [0.3, 0.4) is 0 Å². The van der Waals surface area contributed by atoms with Crippen LogP contribution >= 0.6 is 0 Å². The van der Waals surface area contributed by atoms with E-state index >= 15 is 0 Å². The average Bonchev–Trinajstić information content (AvgIpc) is 2.45. The maximum atomic E-state index is 12.4. The van der Waals surface area contributed by atoms with Crippen LogP contribution in [0.1, 0.15) is 35.7 Å². The van der Waals surface area contributed by atoms with Crippen molar-refractivity contribution in [2.75, 3.05) is 13.1 Å². The minimum Gasteiger partial charge on any atom is -0.352 e. The first-order chi connectivity index (χ1) is 9.56. The first kappa shape index (κ1) is 14.4. The molecule has 108 valence electrons. The molecule has 0 unspecified atom stereocenters. The lowest BCUT2D eigenvalue weighted by Gasteiger charge is -2.31. The highest BCUT2D eigenvalue weighted by atomic mass is 16.2. The van der Waals surface area contributed by atoms with Crippen LogP contribution in [0.4, 0.5) is 4.79 Å². The summed E-state index contributed by atoms with van der Waals surface area (Å²) in [5, 5.41) is 2.52. The number of nitrogens with zero attached hydrogens (tertiary/aromatic N) is 1. The third-order valence-electron chi connectivity index (χ3n) is 3.61. The van der Waals surface area contributed by atoms with Gasteiger partial charge >= 0.3 is 6.03 Å². The summed E-state index contributed by atoms with van der Waals surface area (Å²) in [6.07, 6.45) is 2.27. The van der Waals surface area contributed by atoms with E-state index in [0.717, 1.165) is 25.1 Å². The molecule has 3 N–H and O–H groups in total. The lowest BCUT2D eigenvalue weighted by atomic mass is 9.99. The molecule has 0 aliphatic carbocycles. The fourth-order valence-electron chi connectivity index (χ4n) is 2.51. The zero-order valence-corrected chi connectivity index (χ0v) is 11.8. The van der Waals surface area contributed by atoms with Crippen molar-refractivity contribution in [3.63, 3.8) is 0 Å². The molecule has 1 fully saturated rings. The average molecular weight is 275 g/mol. The summed E-state index contributed by atoms with van der Waals surface area (Å²) in [5.74, 6) is 0.665. The summed E-state index contributed by atoms with van der Waals surface area (Å²) in [6.45, 7) is 4.24. The highest BCUT2D eigenvalue weighted by Gasteiger charge is 2.21. The van der Waals surface area contributed by atoms with E-state index in [1.807, 2.05) is 17.0 Å². The number of likely N-dealkylation sites (tertiary alicyclic amines) is 1. The second-order valence-corrected chi connectivity index (χ2v) is 5.41. The summed E-state index contributed by atoms with van der Waals surface area (Å²) < 4.78 is 0. The number of carbonyl (C=O) groups is 2. The molecule has 0 saturated carbocycles. The van der Waals surface area contributed by atoms with Crippen molar-refractivity contribution in [1.82, 2.24) is 10.2 Å². The molecule has 1 heterocycles. The van der Waals surface area contributed by atoms with Gasteiger partial charge in [-0.2, -0.15) is 0 Å². The first-order valence-electron chi connectivity index (χ1n) is 6.98. The maximum absolute atomic E-state index is 12.4. The van der Waals surface area contributed by atoms with Gasteiger partial charge in [-0.3, -0.25) is 4.79 Å². The van der Waals surface area contributed by atoms with Gasteiger partial charge in [0.25, 0.3) is 5.91 Å². The van der Waals surface area contributed by atoms with Crippen LogP contribution < -0.4 is 11.1 Å². The summed E-state index contributed by atoms with van der Waals surface area (Å²) >= 11 is 0. The fraction of sp³-hybridized carbons (Fsp3) is 0.467. The van der Waals surface area contributed by atoms with E-state index in [1.54, 1.807) is 12.1 Å². The van der Waals surface area contributed by atoms with Crippen LogP contribution in [0, 0.1) is 5.92 Å². The van der Waals surface area contributed by atoms with Crippen LogP contribution in [0.5, 0.6) is 0 Å². The molecule has 0 aromatic heterocycles. The van der Waals surface area contributed by atoms with Crippen molar-refractivity contribution in [1.29, 1.82) is 0 Å². The van der Waals surface area contributed by atoms with Gasteiger partial charge in [0.05, 0.1) is 0 Å². The van der Waals surface area contributed by atoms with Crippen molar-refractivity contribution in [2.45, 2.75) is 26.3 Å². The van der Waals surface area contributed by atoms with Crippen molar-refractivity contribution in [3.8, 4) is 0 Å². The predicted octanol–water partition coefficient (Wildman–Crippen LogP) is 1.73. The number of amides is 3. The summed E-state index contributed by atoms with van der Waals surface area (Å²) in [6, 6.07) is 6.75. The number of benzene rings is 1. The zero-order valence-electron chi connectivity index (χ0n) is 11.8. The van der Waals surface area contributed by atoms with Gasteiger partial charge < -0.3 is 16.0 Å². The Bertz CT molecular complexity index is 484. The number of hydrogen-bond acceptors (Lipinski definition) is 2. The molecule has 3 amide bonds. The molecule has 5 nitrogen and oxygen atoms in total. The lowest BCUT2D eigenvalue weighted by Crippen LogP contribution is -2.39. The van der Waals surface area contributed by atoms with Crippen LogP contribution in [0.15, 0.2) is 24.3 Å². The molecule has 20 heavy (non-hydrogen) atoms. The van der Waals surface area contributed by atoms with E-state index in [9.17, 15) is 9.59 Å². The van der Waals surface area contributed by atoms with Gasteiger partial charge in [-0.1, -0.05) is 19.1 Å². The Labute approximate surface area is 119 Å². The Kier molecular flexibility index (Phi) is 4.61. The normalized spacial score (nSPS) is 18.6. The smallest absolute Gasteiger partial charge is 0.312 e. The lowest BCUT2D eigenvalue weighted by molar-refractivity contribution is 0.0683. The molecular weight excluding hydrogens is 254 g/mol. The summed E-state index contributed by atoms with van der Waals surface area (Å²) in [5.41, 5.74) is 6.64. The van der Waals surface area contributed by atoms with E-state index < -0.39 is 6.03 Å². The van der Waals surface area contributed by atoms with Crippen LogP contribution in [0.25, 0.3) is 0 Å². The molecule has 1 aliphatic rings. The Morgan fingerprint density at radius 3 is 2.65 bits per heavy atom. The highest BCUT2D eigenvalue weighted by molar-refractivity contribution is 5.94. The number of piperidine rings is 1. The second-order valence-electron chi connectivity index (χ2n) is 5.41. The standard InChI is InChI=1S/C15H21N3O2/c1-11-3-2-8-18(10-11)14(19)13-6-4-12(5-7-13)9-17-15(16)20/h4-7,11H,2-3,8-10H2,1H3,(H3,16,17,20)/t11-/m0/s1. The van der Waals surface area contributed by atoms with Gasteiger partial charge in [0.1, 0.15) is 0 Å². The van der Waals surface area contributed by atoms with Crippen molar-refractivity contribution in [3.05, 3.63) is 35.4 Å². The van der Waals surface area contributed by atoms with Gasteiger partial charge in [0, 0.05) is 25.2 Å². The Morgan fingerprint density at radius 1 is 1.35 bits per heavy atom. The molecule has 5 heteroatoms. The van der Waals surface area contributed by atoms with E-state index in [1.165, 1.54) is 6.42 Å². The largest absolute Gasteiger partial charge is 0.352 e. The first-order valence-corrected chi connectivity index (χ1v) is 6.98. The number of hydrogen-bond donors (Lipinski definition) is 2. The van der Waals surface area contributed by atoms with Crippen LogP contribution in [-0.2, 0) is 6.54 Å². The molecular formula is C15H21N3O2. The quantitative estimate of drug-likeness (QED) is 0.881. The van der Waals surface area contributed by atoms with Crippen molar-refractivity contribution in [2.24, 2.45) is 11.7 Å². The van der Waals surface area contributed by atoms with Gasteiger partial charge in [0.15, 0.2) is 0 Å². The van der Waals surface area contributed by atoms with Gasteiger partial charge in [-0.05, 0) is 36.5 Å². The van der Waals surface area contributed by atoms with Crippen molar-refractivity contribution >= 4 is 11.9 Å². The molecule has 1 atom stereocenters. The minimum atomic E-state index is -0.549. The van der Waals surface area contributed by atoms with Gasteiger partial charge in [0.2, 0.25) is 0 Å². The number of primary amides is 1. The molecule has 0 spiro atoms. The maximum Gasteiger partial charge on any atom is 0.312 e. The van der Waals surface area contributed by atoms with Crippen LogP contribution in [0.2, 0.25) is 0 Å². The number of nitrogens with two attached hydrogens (primary N) is 1. The fourth-order valence-corrected chi connectivity index (χ4v) is 2.51. The van der Waals surface area contributed by atoms with Gasteiger partial charge in [-0.25, -0.2) is 4.79 Å². The minimum absolute atomic E-state index is 0.0889. The van der Waals surface area contributed by atoms with Crippen molar-refractivity contribution < 1.29 is 9.59 Å². The molecule has 1 aliphatic heterocycles. The second kappa shape index (κ2) is 6.41. The molecule has 1 saturated heterocycles. The predicted molar refractivity (Wildman–Crippen MR) is 77.2 cm³/mol. The molecule has 2 rings (SSSR count). The topological polar surface area (TPSA) is 75.4 Å². The highest BCUT2D eigenvalue weighted by Crippen LogP contribution is 2.18. The monoisotopic (exact) mass is 275 g/mol. The van der Waals surface area contributed by atoms with Gasteiger partial charge in [-0.15, -0.1) is 0 Å². The number of urea groups is 1. The van der Waals surface area contributed by atoms with Crippen LogP contribution in [-0.4, -0.2) is 29.9 Å². The van der Waals surface area contributed by atoms with E-state index in [4.69, 9.17) is 5.73 Å². The number of carbonyl (C=O) groups excluding carboxylic acids is 2. The number of rotatable bonds is 3. The molecule has 0 bridgehead atoms. The molecule has 0 radical (unpaired) electrons. The van der Waals surface area contributed by atoms with E-state index in [2.05, 4.69) is 12.2 Å².